The molecule has 1 aromatic carbocycles. The first-order valence-electron chi connectivity index (χ1n) is 10.3. The second kappa shape index (κ2) is 8.98. The van der Waals surface area contributed by atoms with Gasteiger partial charge in [-0.05, 0) is 67.8 Å². The van der Waals surface area contributed by atoms with E-state index >= 15 is 0 Å². The molecule has 2 heterocycles. The number of halogens is 1. The van der Waals surface area contributed by atoms with Crippen LogP contribution in [0.1, 0.15) is 40.0 Å². The standard InChI is InChI=1S/C25H22FN5O/c1-16-10-20-11-18(7-9-23(20)30-24(16)28)25(32)31(14-19-4-2-3-5-22(19)26)15-21-8-6-17(12-27)13-29-21/h4-11,13H,2-3,14-15H2,1H3,(H2,28,30). The Kier molecular flexibility index (Phi) is 5.95. The molecule has 0 fully saturated rings. The predicted molar refractivity (Wildman–Crippen MR) is 121 cm³/mol. The van der Waals surface area contributed by atoms with Gasteiger partial charge < -0.3 is 10.6 Å². The van der Waals surface area contributed by atoms with Gasteiger partial charge in [0.1, 0.15) is 17.7 Å². The van der Waals surface area contributed by atoms with E-state index in [1.807, 2.05) is 25.1 Å². The van der Waals surface area contributed by atoms with Crippen LogP contribution in [0.15, 0.2) is 66.1 Å². The van der Waals surface area contributed by atoms with Gasteiger partial charge in [0.2, 0.25) is 0 Å². The molecular weight excluding hydrogens is 405 g/mol. The number of carbonyl (C=O) groups is 1. The minimum absolute atomic E-state index is 0.125. The molecule has 2 N–H and O–H groups in total. The fourth-order valence-electron chi connectivity index (χ4n) is 3.63. The lowest BCUT2D eigenvalue weighted by molar-refractivity contribution is 0.0756. The zero-order valence-corrected chi connectivity index (χ0v) is 17.7. The second-order valence-corrected chi connectivity index (χ2v) is 7.77. The molecule has 32 heavy (non-hydrogen) atoms. The highest BCUT2D eigenvalue weighted by molar-refractivity contribution is 5.98. The molecule has 0 unspecified atom stereocenters. The molecule has 2 aromatic heterocycles. The smallest absolute Gasteiger partial charge is 0.254 e. The van der Waals surface area contributed by atoms with Crippen LogP contribution in [0.4, 0.5) is 10.2 Å². The van der Waals surface area contributed by atoms with Crippen LogP contribution in [-0.2, 0) is 6.54 Å². The molecule has 0 bridgehead atoms. The first-order valence-corrected chi connectivity index (χ1v) is 10.3. The normalized spacial score (nSPS) is 13.3. The molecule has 0 aliphatic heterocycles. The van der Waals surface area contributed by atoms with Crippen molar-refractivity contribution >= 4 is 22.6 Å². The van der Waals surface area contributed by atoms with Crippen molar-refractivity contribution in [2.75, 3.05) is 12.3 Å². The molecule has 0 saturated heterocycles. The number of nitrogens with two attached hydrogens (primary N) is 1. The van der Waals surface area contributed by atoms with Crippen molar-refractivity contribution in [1.29, 1.82) is 5.26 Å². The molecule has 1 aliphatic rings. The summed E-state index contributed by atoms with van der Waals surface area (Å²) in [6, 6.07) is 12.5. The number of pyridine rings is 2. The summed E-state index contributed by atoms with van der Waals surface area (Å²) < 4.78 is 14.4. The Bertz CT molecular complexity index is 1290. The summed E-state index contributed by atoms with van der Waals surface area (Å²) in [5, 5.41) is 9.80. The molecule has 7 heteroatoms. The number of rotatable bonds is 5. The number of carbonyl (C=O) groups excluding carboxylic acids is 1. The van der Waals surface area contributed by atoms with E-state index in [-0.39, 0.29) is 24.8 Å². The topological polar surface area (TPSA) is 95.9 Å². The summed E-state index contributed by atoms with van der Waals surface area (Å²) in [5.41, 5.74) is 9.44. The number of nitrogen functional groups attached to an aromatic ring is 1. The lowest BCUT2D eigenvalue weighted by Gasteiger charge is -2.25. The monoisotopic (exact) mass is 427 g/mol. The van der Waals surface area contributed by atoms with Crippen molar-refractivity contribution in [2.24, 2.45) is 0 Å². The Labute approximate surface area is 185 Å². The van der Waals surface area contributed by atoms with Crippen LogP contribution in [0, 0.1) is 18.3 Å². The second-order valence-electron chi connectivity index (χ2n) is 7.77. The summed E-state index contributed by atoms with van der Waals surface area (Å²) in [7, 11) is 0. The molecule has 3 aromatic rings. The first-order chi connectivity index (χ1) is 15.4. The molecule has 6 nitrogen and oxygen atoms in total. The molecule has 0 radical (unpaired) electrons. The highest BCUT2D eigenvalue weighted by Crippen LogP contribution is 2.24. The van der Waals surface area contributed by atoms with Crippen molar-refractivity contribution in [3.05, 3.63) is 88.5 Å². The van der Waals surface area contributed by atoms with Crippen LogP contribution in [0.5, 0.6) is 0 Å². The van der Waals surface area contributed by atoms with Crippen molar-refractivity contribution in [1.82, 2.24) is 14.9 Å². The largest absolute Gasteiger partial charge is 0.383 e. The third-order valence-electron chi connectivity index (χ3n) is 5.43. The third-order valence-corrected chi connectivity index (χ3v) is 5.43. The van der Waals surface area contributed by atoms with Gasteiger partial charge in [0.05, 0.1) is 23.3 Å². The number of fused-ring (bicyclic) bond motifs is 1. The van der Waals surface area contributed by atoms with E-state index in [1.54, 1.807) is 41.3 Å². The quantitative estimate of drug-likeness (QED) is 0.642. The average molecular weight is 427 g/mol. The Hall–Kier alpha value is -4.05. The third kappa shape index (κ3) is 4.49. The van der Waals surface area contributed by atoms with E-state index in [1.165, 1.54) is 6.20 Å². The molecule has 0 spiro atoms. The first kappa shape index (κ1) is 21.2. The van der Waals surface area contributed by atoms with Gasteiger partial charge in [0, 0.05) is 29.3 Å². The van der Waals surface area contributed by atoms with Gasteiger partial charge in [0.25, 0.3) is 5.91 Å². The van der Waals surface area contributed by atoms with Gasteiger partial charge in [-0.25, -0.2) is 9.37 Å². The maximum absolute atomic E-state index is 14.4. The van der Waals surface area contributed by atoms with Gasteiger partial charge in [-0.1, -0.05) is 6.08 Å². The fraction of sp³-hybridized carbons (Fsp3) is 0.200. The Morgan fingerprint density at radius 3 is 2.72 bits per heavy atom. The summed E-state index contributed by atoms with van der Waals surface area (Å²) in [6.45, 7) is 2.18. The number of nitrogens with zero attached hydrogens (tertiary/aromatic N) is 4. The lowest BCUT2D eigenvalue weighted by atomic mass is 10.0. The fourth-order valence-corrected chi connectivity index (χ4v) is 3.63. The van der Waals surface area contributed by atoms with Crippen molar-refractivity contribution in [3.8, 4) is 6.07 Å². The summed E-state index contributed by atoms with van der Waals surface area (Å²) in [5.74, 6) is -0.0842. The van der Waals surface area contributed by atoms with Crippen LogP contribution in [0.25, 0.3) is 10.9 Å². The maximum atomic E-state index is 14.4. The van der Waals surface area contributed by atoms with Crippen molar-refractivity contribution in [2.45, 2.75) is 26.3 Å². The van der Waals surface area contributed by atoms with Gasteiger partial charge in [-0.2, -0.15) is 5.26 Å². The minimum Gasteiger partial charge on any atom is -0.383 e. The highest BCUT2D eigenvalue weighted by atomic mass is 19.1. The molecule has 0 saturated carbocycles. The van der Waals surface area contributed by atoms with Crippen molar-refractivity contribution in [3.63, 3.8) is 0 Å². The number of hydrogen-bond donors (Lipinski definition) is 1. The molecule has 160 valence electrons. The number of benzene rings is 1. The number of hydrogen-bond acceptors (Lipinski definition) is 5. The number of aromatic nitrogens is 2. The molecule has 0 atom stereocenters. The van der Waals surface area contributed by atoms with Gasteiger partial charge in [0.15, 0.2) is 0 Å². The van der Waals surface area contributed by atoms with E-state index in [0.29, 0.717) is 40.1 Å². The summed E-state index contributed by atoms with van der Waals surface area (Å²) in [6.07, 6.45) is 6.24. The number of aryl methyl sites for hydroxylation is 1. The van der Waals surface area contributed by atoms with E-state index in [0.717, 1.165) is 17.4 Å². The van der Waals surface area contributed by atoms with Crippen molar-refractivity contribution < 1.29 is 9.18 Å². The Morgan fingerprint density at radius 2 is 2.00 bits per heavy atom. The van der Waals surface area contributed by atoms with Crippen LogP contribution < -0.4 is 5.73 Å². The van der Waals surface area contributed by atoms with Crippen LogP contribution in [0.2, 0.25) is 0 Å². The summed E-state index contributed by atoms with van der Waals surface area (Å²) in [4.78, 5) is 23.7. The molecule has 1 aliphatic carbocycles. The Morgan fingerprint density at radius 1 is 1.19 bits per heavy atom. The van der Waals surface area contributed by atoms with Crippen LogP contribution in [0.3, 0.4) is 0 Å². The number of amides is 1. The van der Waals surface area contributed by atoms with E-state index < -0.39 is 0 Å². The van der Waals surface area contributed by atoms with Crippen LogP contribution in [-0.4, -0.2) is 27.3 Å². The average Bonchev–Trinajstić information content (AvgIpc) is 2.80. The zero-order valence-electron chi connectivity index (χ0n) is 17.7. The number of allylic oxidation sites excluding steroid dienone is 2. The van der Waals surface area contributed by atoms with Gasteiger partial charge in [-0.3, -0.25) is 9.78 Å². The predicted octanol–water partition coefficient (Wildman–Crippen LogP) is 4.61. The maximum Gasteiger partial charge on any atom is 0.254 e. The molecule has 4 rings (SSSR count). The van der Waals surface area contributed by atoms with Gasteiger partial charge in [-0.15, -0.1) is 0 Å². The van der Waals surface area contributed by atoms with Gasteiger partial charge >= 0.3 is 0 Å². The van der Waals surface area contributed by atoms with Crippen LogP contribution >= 0.6 is 0 Å². The summed E-state index contributed by atoms with van der Waals surface area (Å²) >= 11 is 0. The molecular formula is C25H22FN5O. The SMILES string of the molecule is Cc1cc2cc(C(=O)N(CC3=CCCC=C3F)Cc3ccc(C#N)cn3)ccc2nc1N. The molecule has 1 amide bonds. The highest BCUT2D eigenvalue weighted by Gasteiger charge is 2.21. The number of anilines is 1. The van der Waals surface area contributed by atoms with E-state index in [9.17, 15) is 9.18 Å². The number of nitriles is 1. The zero-order chi connectivity index (χ0) is 22.7. The van der Waals surface area contributed by atoms with E-state index in [4.69, 9.17) is 11.0 Å². The Balaban J connectivity index is 1.67. The van der Waals surface area contributed by atoms with E-state index in [2.05, 4.69) is 9.97 Å². The lowest BCUT2D eigenvalue weighted by Crippen LogP contribution is -2.33. The minimum atomic E-state index is -0.296.